The molecule has 0 atom stereocenters. The molecule has 1 fully saturated rings. The van der Waals surface area contributed by atoms with E-state index in [-0.39, 0.29) is 11.7 Å². The number of hydrogen-bond donors (Lipinski definition) is 0. The maximum absolute atomic E-state index is 12.1. The molecule has 0 saturated carbocycles. The zero-order valence-electron chi connectivity index (χ0n) is 12.2. The maximum atomic E-state index is 12.1. The Balaban J connectivity index is 1.71. The SMILES string of the molecule is Cc1cc2c(n1CCC(=O)N1CCCC1)CCCC2=O. The first kappa shape index (κ1) is 13.4. The highest BCUT2D eigenvalue weighted by molar-refractivity contribution is 5.98. The predicted octanol–water partition coefficient (Wildman–Crippen LogP) is 2.33. The monoisotopic (exact) mass is 274 g/mol. The molecule has 0 spiro atoms. The van der Waals surface area contributed by atoms with Gasteiger partial charge in [-0.25, -0.2) is 0 Å². The van der Waals surface area contributed by atoms with Gasteiger partial charge in [0.1, 0.15) is 0 Å². The second kappa shape index (κ2) is 5.43. The molecule has 0 N–H and O–H groups in total. The van der Waals surface area contributed by atoms with Crippen LogP contribution in [0.2, 0.25) is 0 Å². The van der Waals surface area contributed by atoms with E-state index in [1.165, 1.54) is 0 Å². The van der Waals surface area contributed by atoms with E-state index in [9.17, 15) is 9.59 Å². The van der Waals surface area contributed by atoms with Gasteiger partial charge in [-0.1, -0.05) is 0 Å². The van der Waals surface area contributed by atoms with Crippen LogP contribution < -0.4 is 0 Å². The van der Waals surface area contributed by atoms with Crippen LogP contribution in [0.4, 0.5) is 0 Å². The molecule has 0 radical (unpaired) electrons. The number of aromatic nitrogens is 1. The number of ketones is 1. The summed E-state index contributed by atoms with van der Waals surface area (Å²) >= 11 is 0. The number of nitrogens with zero attached hydrogens (tertiary/aromatic N) is 2. The van der Waals surface area contributed by atoms with Crippen molar-refractivity contribution in [2.75, 3.05) is 13.1 Å². The molecule has 0 aromatic carbocycles. The standard InChI is InChI=1S/C16H22N2O2/c1-12-11-13-14(5-4-6-15(13)19)18(12)10-7-16(20)17-8-2-3-9-17/h11H,2-10H2,1H3. The number of carbonyl (C=O) groups is 2. The molecular formula is C16H22N2O2. The number of amides is 1. The summed E-state index contributed by atoms with van der Waals surface area (Å²) in [5.41, 5.74) is 3.15. The quantitative estimate of drug-likeness (QED) is 0.849. The normalized spacial score (nSPS) is 18.4. The zero-order valence-corrected chi connectivity index (χ0v) is 12.2. The first-order valence-electron chi connectivity index (χ1n) is 7.67. The number of rotatable bonds is 3. The summed E-state index contributed by atoms with van der Waals surface area (Å²) < 4.78 is 2.18. The highest BCUT2D eigenvalue weighted by atomic mass is 16.2. The third-order valence-corrected chi connectivity index (χ3v) is 4.54. The Morgan fingerprint density at radius 3 is 2.70 bits per heavy atom. The molecule has 2 heterocycles. The minimum atomic E-state index is 0.256. The summed E-state index contributed by atoms with van der Waals surface area (Å²) in [4.78, 5) is 26.0. The lowest BCUT2D eigenvalue weighted by molar-refractivity contribution is -0.130. The van der Waals surface area contributed by atoms with E-state index in [4.69, 9.17) is 0 Å². The summed E-state index contributed by atoms with van der Waals surface area (Å²) in [6, 6.07) is 2.00. The molecule has 0 unspecified atom stereocenters. The topological polar surface area (TPSA) is 42.3 Å². The number of aryl methyl sites for hydroxylation is 1. The summed E-state index contributed by atoms with van der Waals surface area (Å²) in [5, 5.41) is 0. The second-order valence-electron chi connectivity index (χ2n) is 5.91. The van der Waals surface area contributed by atoms with Crippen LogP contribution in [0.25, 0.3) is 0 Å². The van der Waals surface area contributed by atoms with Crippen molar-refractivity contribution in [1.82, 2.24) is 9.47 Å². The first-order chi connectivity index (χ1) is 9.66. The van der Waals surface area contributed by atoms with Gasteiger partial charge in [0.15, 0.2) is 5.78 Å². The van der Waals surface area contributed by atoms with Gasteiger partial charge >= 0.3 is 0 Å². The third-order valence-electron chi connectivity index (χ3n) is 4.54. The van der Waals surface area contributed by atoms with E-state index in [0.29, 0.717) is 19.4 Å². The van der Waals surface area contributed by atoms with Crippen LogP contribution in [0.15, 0.2) is 6.07 Å². The van der Waals surface area contributed by atoms with Gasteiger partial charge in [0.25, 0.3) is 0 Å². The lowest BCUT2D eigenvalue weighted by atomic mass is 9.96. The minimum Gasteiger partial charge on any atom is -0.348 e. The predicted molar refractivity (Wildman–Crippen MR) is 76.9 cm³/mol. The van der Waals surface area contributed by atoms with E-state index in [0.717, 1.165) is 55.7 Å². The molecule has 4 heteroatoms. The Kier molecular flexibility index (Phi) is 3.64. The van der Waals surface area contributed by atoms with E-state index in [2.05, 4.69) is 4.57 Å². The van der Waals surface area contributed by atoms with Crippen LogP contribution in [-0.4, -0.2) is 34.2 Å². The lowest BCUT2D eigenvalue weighted by Crippen LogP contribution is -2.28. The molecule has 1 aliphatic heterocycles. The van der Waals surface area contributed by atoms with E-state index < -0.39 is 0 Å². The van der Waals surface area contributed by atoms with Crippen LogP contribution >= 0.6 is 0 Å². The van der Waals surface area contributed by atoms with Crippen LogP contribution in [-0.2, 0) is 17.8 Å². The molecule has 20 heavy (non-hydrogen) atoms. The molecule has 1 aliphatic carbocycles. The Hall–Kier alpha value is -1.58. The average Bonchev–Trinajstić information content (AvgIpc) is 3.05. The maximum Gasteiger partial charge on any atom is 0.224 e. The molecule has 1 amide bonds. The van der Waals surface area contributed by atoms with Gasteiger partial charge in [-0.15, -0.1) is 0 Å². The van der Waals surface area contributed by atoms with Crippen molar-refractivity contribution in [3.63, 3.8) is 0 Å². The fraction of sp³-hybridized carbons (Fsp3) is 0.625. The summed E-state index contributed by atoms with van der Waals surface area (Å²) in [7, 11) is 0. The highest BCUT2D eigenvalue weighted by Gasteiger charge is 2.23. The van der Waals surface area contributed by atoms with Crippen LogP contribution in [0.1, 0.15) is 53.8 Å². The summed E-state index contributed by atoms with van der Waals surface area (Å²) in [5.74, 6) is 0.519. The van der Waals surface area contributed by atoms with Gasteiger partial charge in [0.05, 0.1) is 0 Å². The minimum absolute atomic E-state index is 0.256. The average molecular weight is 274 g/mol. The van der Waals surface area contributed by atoms with Gasteiger partial charge in [-0.3, -0.25) is 9.59 Å². The molecular weight excluding hydrogens is 252 g/mol. The smallest absolute Gasteiger partial charge is 0.224 e. The molecule has 0 bridgehead atoms. The van der Waals surface area contributed by atoms with Gasteiger partial charge in [0, 0.05) is 49.4 Å². The Morgan fingerprint density at radius 1 is 1.20 bits per heavy atom. The van der Waals surface area contributed by atoms with E-state index in [1.54, 1.807) is 0 Å². The Labute approximate surface area is 119 Å². The molecule has 1 aromatic heterocycles. The molecule has 108 valence electrons. The number of fused-ring (bicyclic) bond motifs is 1. The largest absolute Gasteiger partial charge is 0.348 e. The summed E-state index contributed by atoms with van der Waals surface area (Å²) in [6.07, 6.45) is 5.40. The summed E-state index contributed by atoms with van der Waals surface area (Å²) in [6.45, 7) is 4.58. The van der Waals surface area contributed by atoms with Crippen LogP contribution in [0, 0.1) is 6.92 Å². The Bertz CT molecular complexity index is 539. The number of likely N-dealkylation sites (tertiary alicyclic amines) is 1. The van der Waals surface area contributed by atoms with Crippen molar-refractivity contribution in [3.05, 3.63) is 23.0 Å². The van der Waals surface area contributed by atoms with Crippen molar-refractivity contribution >= 4 is 11.7 Å². The van der Waals surface area contributed by atoms with Crippen molar-refractivity contribution in [1.29, 1.82) is 0 Å². The highest BCUT2D eigenvalue weighted by Crippen LogP contribution is 2.25. The zero-order chi connectivity index (χ0) is 14.1. The van der Waals surface area contributed by atoms with Gasteiger partial charge < -0.3 is 9.47 Å². The lowest BCUT2D eigenvalue weighted by Gasteiger charge is -2.18. The molecule has 2 aliphatic rings. The Morgan fingerprint density at radius 2 is 1.95 bits per heavy atom. The fourth-order valence-corrected chi connectivity index (χ4v) is 3.43. The second-order valence-corrected chi connectivity index (χ2v) is 5.91. The van der Waals surface area contributed by atoms with Crippen molar-refractivity contribution in [2.24, 2.45) is 0 Å². The number of carbonyl (C=O) groups excluding carboxylic acids is 2. The van der Waals surface area contributed by atoms with Gasteiger partial charge in [-0.05, 0) is 38.7 Å². The first-order valence-corrected chi connectivity index (χ1v) is 7.67. The number of hydrogen-bond acceptors (Lipinski definition) is 2. The molecule has 4 nitrogen and oxygen atoms in total. The third kappa shape index (κ3) is 2.39. The number of Topliss-reactive ketones (excluding diaryl/α,β-unsaturated/α-hetero) is 1. The van der Waals surface area contributed by atoms with E-state index >= 15 is 0 Å². The van der Waals surface area contributed by atoms with Gasteiger partial charge in [0.2, 0.25) is 5.91 Å². The van der Waals surface area contributed by atoms with Crippen LogP contribution in [0.3, 0.4) is 0 Å². The molecule has 1 saturated heterocycles. The van der Waals surface area contributed by atoms with Crippen molar-refractivity contribution < 1.29 is 9.59 Å². The molecule has 1 aromatic rings. The molecule has 3 rings (SSSR count). The van der Waals surface area contributed by atoms with Crippen molar-refractivity contribution in [3.8, 4) is 0 Å². The van der Waals surface area contributed by atoms with Gasteiger partial charge in [-0.2, -0.15) is 0 Å². The van der Waals surface area contributed by atoms with Crippen molar-refractivity contribution in [2.45, 2.75) is 52.0 Å². The fourth-order valence-electron chi connectivity index (χ4n) is 3.43. The van der Waals surface area contributed by atoms with E-state index in [1.807, 2.05) is 17.9 Å². The van der Waals surface area contributed by atoms with Crippen LogP contribution in [0.5, 0.6) is 0 Å².